The highest BCUT2D eigenvalue weighted by Gasteiger charge is 2.18. The molecule has 0 fully saturated rings. The van der Waals surface area contributed by atoms with Crippen molar-refractivity contribution < 1.29 is 14.3 Å². The number of para-hydroxylation sites is 2. The summed E-state index contributed by atoms with van der Waals surface area (Å²) in [7, 11) is 3.18. The molecule has 0 radical (unpaired) electrons. The van der Waals surface area contributed by atoms with Gasteiger partial charge in [0.25, 0.3) is 0 Å². The van der Waals surface area contributed by atoms with Crippen LogP contribution in [0.15, 0.2) is 70.6 Å². The van der Waals surface area contributed by atoms with Crippen LogP contribution in [-0.2, 0) is 4.79 Å². The standard InChI is InChI=1S/C26H24ClN3O3S/c1-16-11-23(24(33-3)13-19(16)27)29-25(31)15-34-26-14-22(17-7-6-8-18(12-17)32-2)28-20-9-4-5-10-21(20)30-26/h4-13H,14-15H2,1-3H3,(H,29,31). The van der Waals surface area contributed by atoms with Crippen LogP contribution < -0.4 is 14.8 Å². The molecular formula is C26H24ClN3O3S. The van der Waals surface area contributed by atoms with Crippen molar-refractivity contribution in [3.63, 3.8) is 0 Å². The SMILES string of the molecule is COc1cccc(C2=Nc3ccccc3N=C(SCC(=O)Nc3cc(C)c(Cl)cc3OC)C2)c1. The highest BCUT2D eigenvalue weighted by molar-refractivity contribution is 8.14. The molecule has 1 aliphatic rings. The van der Waals surface area contributed by atoms with Gasteiger partial charge in [-0.1, -0.05) is 35.9 Å². The van der Waals surface area contributed by atoms with Crippen LogP contribution in [0.25, 0.3) is 0 Å². The predicted molar refractivity (Wildman–Crippen MR) is 141 cm³/mol. The summed E-state index contributed by atoms with van der Waals surface area (Å²) in [6, 6.07) is 19.0. The molecule has 6 nitrogen and oxygen atoms in total. The molecule has 0 saturated heterocycles. The molecule has 3 aromatic carbocycles. The van der Waals surface area contributed by atoms with E-state index in [-0.39, 0.29) is 11.7 Å². The molecule has 0 saturated carbocycles. The summed E-state index contributed by atoms with van der Waals surface area (Å²) >= 11 is 7.56. The topological polar surface area (TPSA) is 72.3 Å². The van der Waals surface area contributed by atoms with E-state index in [0.29, 0.717) is 22.9 Å². The number of aryl methyl sites for hydroxylation is 1. The van der Waals surface area contributed by atoms with Crippen molar-refractivity contribution >= 4 is 57.1 Å². The molecular weight excluding hydrogens is 470 g/mol. The number of aliphatic imine (C=N–C) groups is 2. The fraction of sp³-hybridized carbons (Fsp3) is 0.192. The molecule has 0 bridgehead atoms. The molecule has 4 rings (SSSR count). The molecule has 34 heavy (non-hydrogen) atoms. The van der Waals surface area contributed by atoms with Gasteiger partial charge in [0, 0.05) is 23.1 Å². The molecule has 1 amide bonds. The van der Waals surface area contributed by atoms with Crippen LogP contribution in [0.5, 0.6) is 11.5 Å². The summed E-state index contributed by atoms with van der Waals surface area (Å²) in [6.45, 7) is 1.88. The largest absolute Gasteiger partial charge is 0.497 e. The van der Waals surface area contributed by atoms with Crippen LogP contribution in [0.4, 0.5) is 17.1 Å². The second-order valence-corrected chi connectivity index (χ2v) is 9.06. The first-order valence-electron chi connectivity index (χ1n) is 10.6. The van der Waals surface area contributed by atoms with E-state index in [1.165, 1.54) is 11.8 Å². The Morgan fingerprint density at radius 1 is 1.03 bits per heavy atom. The Bertz CT molecular complexity index is 1290. The first kappa shape index (κ1) is 23.9. The summed E-state index contributed by atoms with van der Waals surface area (Å²) in [4.78, 5) is 22.4. The van der Waals surface area contributed by atoms with Crippen molar-refractivity contribution in [1.29, 1.82) is 0 Å². The summed E-state index contributed by atoms with van der Waals surface area (Å²) < 4.78 is 10.7. The van der Waals surface area contributed by atoms with Gasteiger partial charge in [-0.05, 0) is 42.8 Å². The van der Waals surface area contributed by atoms with E-state index in [9.17, 15) is 4.79 Å². The third-order valence-electron chi connectivity index (χ3n) is 5.23. The predicted octanol–water partition coefficient (Wildman–Crippen LogP) is 6.59. The molecule has 0 spiro atoms. The van der Waals surface area contributed by atoms with E-state index >= 15 is 0 Å². The van der Waals surface area contributed by atoms with Crippen molar-refractivity contribution in [3.8, 4) is 11.5 Å². The van der Waals surface area contributed by atoms with Crippen LogP contribution in [0.2, 0.25) is 5.02 Å². The number of nitrogens with one attached hydrogen (secondary N) is 1. The van der Waals surface area contributed by atoms with Crippen LogP contribution in [0, 0.1) is 6.92 Å². The number of rotatable bonds is 6. The normalized spacial score (nSPS) is 12.7. The molecule has 1 aliphatic heterocycles. The quantitative estimate of drug-likeness (QED) is 0.420. The molecule has 0 atom stereocenters. The fourth-order valence-corrected chi connectivity index (χ4v) is 4.40. The van der Waals surface area contributed by atoms with Crippen LogP contribution >= 0.6 is 23.4 Å². The van der Waals surface area contributed by atoms with E-state index in [4.69, 9.17) is 31.1 Å². The molecule has 0 aliphatic carbocycles. The summed E-state index contributed by atoms with van der Waals surface area (Å²) in [6.07, 6.45) is 0.503. The monoisotopic (exact) mass is 493 g/mol. The zero-order valence-electron chi connectivity index (χ0n) is 19.1. The maximum absolute atomic E-state index is 12.8. The Morgan fingerprint density at radius 2 is 1.79 bits per heavy atom. The second-order valence-electron chi connectivity index (χ2n) is 7.60. The van der Waals surface area contributed by atoms with Gasteiger partial charge in [0.1, 0.15) is 11.5 Å². The Hall–Kier alpha value is -3.29. The zero-order valence-corrected chi connectivity index (χ0v) is 20.7. The lowest BCUT2D eigenvalue weighted by atomic mass is 10.1. The number of methoxy groups -OCH3 is 2. The van der Waals surface area contributed by atoms with Gasteiger partial charge < -0.3 is 14.8 Å². The third kappa shape index (κ3) is 5.61. The summed E-state index contributed by atoms with van der Waals surface area (Å²) in [5.74, 6) is 1.31. The Balaban J connectivity index is 1.54. The first-order valence-corrected chi connectivity index (χ1v) is 12.0. The van der Waals surface area contributed by atoms with Crippen LogP contribution in [-0.4, -0.2) is 36.6 Å². The molecule has 1 N–H and O–H groups in total. The molecule has 0 aromatic heterocycles. The van der Waals surface area contributed by atoms with Crippen molar-refractivity contribution in [2.75, 3.05) is 25.3 Å². The Labute approximate surface area is 208 Å². The highest BCUT2D eigenvalue weighted by Crippen LogP contribution is 2.34. The van der Waals surface area contributed by atoms with Gasteiger partial charge in [-0.2, -0.15) is 0 Å². The minimum Gasteiger partial charge on any atom is -0.497 e. The number of hydrogen-bond acceptors (Lipinski definition) is 6. The number of nitrogens with zero attached hydrogens (tertiary/aromatic N) is 2. The number of halogens is 1. The number of benzene rings is 3. The van der Waals surface area contributed by atoms with Gasteiger partial charge in [-0.15, -0.1) is 11.8 Å². The van der Waals surface area contributed by atoms with E-state index < -0.39 is 0 Å². The van der Waals surface area contributed by atoms with Gasteiger partial charge in [0.05, 0.1) is 47.8 Å². The average molecular weight is 494 g/mol. The molecule has 1 heterocycles. The van der Waals surface area contributed by atoms with Crippen LogP contribution in [0.3, 0.4) is 0 Å². The lowest BCUT2D eigenvalue weighted by Gasteiger charge is -2.13. The van der Waals surface area contributed by atoms with Gasteiger partial charge >= 0.3 is 0 Å². The number of anilines is 1. The summed E-state index contributed by atoms with van der Waals surface area (Å²) in [5.41, 5.74) is 4.83. The number of ether oxygens (including phenoxy) is 2. The van der Waals surface area contributed by atoms with E-state index in [0.717, 1.165) is 39.0 Å². The average Bonchev–Trinajstić information content (AvgIpc) is 3.04. The van der Waals surface area contributed by atoms with Gasteiger partial charge in [-0.25, -0.2) is 4.99 Å². The van der Waals surface area contributed by atoms with E-state index in [2.05, 4.69) is 5.32 Å². The number of thioether (sulfide) groups is 1. The van der Waals surface area contributed by atoms with Crippen molar-refractivity contribution in [3.05, 3.63) is 76.8 Å². The van der Waals surface area contributed by atoms with Crippen molar-refractivity contribution in [2.24, 2.45) is 9.98 Å². The number of hydrogen-bond donors (Lipinski definition) is 1. The molecule has 8 heteroatoms. The maximum atomic E-state index is 12.8. The minimum absolute atomic E-state index is 0.162. The van der Waals surface area contributed by atoms with Gasteiger partial charge in [-0.3, -0.25) is 9.79 Å². The second kappa shape index (κ2) is 10.8. The summed E-state index contributed by atoms with van der Waals surface area (Å²) in [5, 5.41) is 4.31. The first-order chi connectivity index (χ1) is 16.5. The smallest absolute Gasteiger partial charge is 0.234 e. The highest BCUT2D eigenvalue weighted by atomic mass is 35.5. The third-order valence-corrected chi connectivity index (χ3v) is 6.61. The minimum atomic E-state index is -0.162. The number of carbonyl (C=O) groups excluding carboxylic acids is 1. The lowest BCUT2D eigenvalue weighted by molar-refractivity contribution is -0.113. The zero-order chi connectivity index (χ0) is 24.1. The van der Waals surface area contributed by atoms with Crippen molar-refractivity contribution in [1.82, 2.24) is 0 Å². The Morgan fingerprint density at radius 3 is 2.53 bits per heavy atom. The van der Waals surface area contributed by atoms with E-state index in [1.807, 2.05) is 55.5 Å². The van der Waals surface area contributed by atoms with Crippen molar-refractivity contribution in [2.45, 2.75) is 13.3 Å². The number of amides is 1. The molecule has 3 aromatic rings. The molecule has 0 unspecified atom stereocenters. The fourth-order valence-electron chi connectivity index (χ4n) is 3.47. The van der Waals surface area contributed by atoms with Gasteiger partial charge in [0.2, 0.25) is 5.91 Å². The lowest BCUT2D eigenvalue weighted by Crippen LogP contribution is -2.17. The van der Waals surface area contributed by atoms with Crippen LogP contribution in [0.1, 0.15) is 17.5 Å². The molecule has 174 valence electrons. The number of carbonyl (C=O) groups is 1. The van der Waals surface area contributed by atoms with Gasteiger partial charge in [0.15, 0.2) is 0 Å². The van der Waals surface area contributed by atoms with E-state index in [1.54, 1.807) is 26.4 Å². The Kier molecular flexibility index (Phi) is 7.55. The number of fused-ring (bicyclic) bond motifs is 1. The maximum Gasteiger partial charge on any atom is 0.234 e.